The number of ether oxygens (including phenoxy) is 1. The molecule has 0 aromatic heterocycles. The fraction of sp³-hybridized carbons (Fsp3) is 0.857. The van der Waals surface area contributed by atoms with Crippen molar-refractivity contribution in [2.75, 3.05) is 13.7 Å². The summed E-state index contributed by atoms with van der Waals surface area (Å²) in [6.07, 6.45) is -5.77. The summed E-state index contributed by atoms with van der Waals surface area (Å²) in [6, 6.07) is 0. The van der Waals surface area contributed by atoms with Crippen molar-refractivity contribution in [3.63, 3.8) is 0 Å². The molecular formula is C7H14O6. The van der Waals surface area contributed by atoms with Crippen molar-refractivity contribution in [1.29, 1.82) is 0 Å². The third kappa shape index (κ3) is 3.37. The van der Waals surface area contributed by atoms with E-state index in [9.17, 15) is 9.90 Å². The summed E-state index contributed by atoms with van der Waals surface area (Å²) < 4.78 is 4.59. The molecule has 0 heterocycles. The molecule has 0 amide bonds. The van der Waals surface area contributed by atoms with E-state index in [4.69, 9.17) is 15.3 Å². The highest BCUT2D eigenvalue weighted by molar-refractivity contribution is 5.56. The number of methoxy groups -OCH3 is 1. The van der Waals surface area contributed by atoms with E-state index in [-0.39, 0.29) is 6.29 Å². The van der Waals surface area contributed by atoms with Gasteiger partial charge in [0.05, 0.1) is 6.61 Å². The minimum atomic E-state index is -1.68. The van der Waals surface area contributed by atoms with Gasteiger partial charge in [-0.3, -0.25) is 0 Å². The zero-order valence-corrected chi connectivity index (χ0v) is 7.20. The number of aldehydes is 1. The first kappa shape index (κ1) is 12.5. The summed E-state index contributed by atoms with van der Waals surface area (Å²) in [6.45, 7) is -0.514. The minimum Gasteiger partial charge on any atom is -0.394 e. The molecule has 0 saturated carbocycles. The van der Waals surface area contributed by atoms with Crippen LogP contribution in [-0.2, 0) is 9.53 Å². The lowest BCUT2D eigenvalue weighted by molar-refractivity contribution is -0.140. The van der Waals surface area contributed by atoms with Crippen molar-refractivity contribution in [2.24, 2.45) is 0 Å². The molecule has 0 saturated heterocycles. The van der Waals surface area contributed by atoms with Crippen LogP contribution in [0.15, 0.2) is 0 Å². The lowest BCUT2D eigenvalue weighted by Gasteiger charge is -2.25. The second-order valence-electron chi connectivity index (χ2n) is 2.56. The first-order valence-electron chi connectivity index (χ1n) is 3.71. The third-order valence-electron chi connectivity index (χ3n) is 1.70. The number of carbonyl (C=O) groups excluding carboxylic acids is 1. The van der Waals surface area contributed by atoms with Gasteiger partial charge in [-0.2, -0.15) is 0 Å². The van der Waals surface area contributed by atoms with E-state index >= 15 is 0 Å². The summed E-state index contributed by atoms with van der Waals surface area (Å²) in [5, 5.41) is 35.8. The molecule has 6 nitrogen and oxygen atoms in total. The zero-order chi connectivity index (χ0) is 10.4. The quantitative estimate of drug-likeness (QED) is 0.342. The number of rotatable bonds is 6. The first-order valence-corrected chi connectivity index (χ1v) is 3.71. The van der Waals surface area contributed by atoms with E-state index in [1.807, 2.05) is 0 Å². The molecule has 4 atom stereocenters. The van der Waals surface area contributed by atoms with Crippen LogP contribution in [0.25, 0.3) is 0 Å². The van der Waals surface area contributed by atoms with Gasteiger partial charge in [-0.1, -0.05) is 0 Å². The maximum atomic E-state index is 10.0. The highest BCUT2D eigenvalue weighted by atomic mass is 16.5. The Kier molecular flexibility index (Phi) is 5.76. The van der Waals surface area contributed by atoms with Gasteiger partial charge in [-0.05, 0) is 0 Å². The molecule has 78 valence electrons. The van der Waals surface area contributed by atoms with Crippen LogP contribution >= 0.6 is 0 Å². The molecule has 0 rings (SSSR count). The topological polar surface area (TPSA) is 107 Å². The molecule has 13 heavy (non-hydrogen) atoms. The molecular weight excluding hydrogens is 180 g/mol. The SMILES string of the molecule is CO[C@H](CO)[C@H](O)[C@H](O)[C@@H](O)C=O. The Labute approximate surface area is 75.4 Å². The molecule has 6 heteroatoms. The molecule has 4 N–H and O–H groups in total. The van der Waals surface area contributed by atoms with Crippen molar-refractivity contribution in [2.45, 2.75) is 24.4 Å². The molecule has 0 aromatic rings. The van der Waals surface area contributed by atoms with Crippen LogP contribution in [0.3, 0.4) is 0 Å². The molecule has 0 aliphatic carbocycles. The highest BCUT2D eigenvalue weighted by Crippen LogP contribution is 2.05. The van der Waals surface area contributed by atoms with E-state index in [1.165, 1.54) is 7.11 Å². The Morgan fingerprint density at radius 1 is 1.31 bits per heavy atom. The van der Waals surface area contributed by atoms with Crippen LogP contribution in [0.4, 0.5) is 0 Å². The van der Waals surface area contributed by atoms with Crippen LogP contribution < -0.4 is 0 Å². The summed E-state index contributed by atoms with van der Waals surface area (Å²) in [5.41, 5.74) is 0. The van der Waals surface area contributed by atoms with Crippen molar-refractivity contribution in [3.05, 3.63) is 0 Å². The van der Waals surface area contributed by atoms with Crippen molar-refractivity contribution in [1.82, 2.24) is 0 Å². The molecule has 0 unspecified atom stereocenters. The Morgan fingerprint density at radius 3 is 2.15 bits per heavy atom. The molecule has 0 spiro atoms. The van der Waals surface area contributed by atoms with E-state index in [0.717, 1.165) is 0 Å². The van der Waals surface area contributed by atoms with Crippen LogP contribution in [0.2, 0.25) is 0 Å². The van der Waals surface area contributed by atoms with Gasteiger partial charge >= 0.3 is 0 Å². The van der Waals surface area contributed by atoms with Crippen LogP contribution in [0.1, 0.15) is 0 Å². The van der Waals surface area contributed by atoms with E-state index in [1.54, 1.807) is 0 Å². The lowest BCUT2D eigenvalue weighted by Crippen LogP contribution is -2.47. The Bertz CT molecular complexity index is 146. The fourth-order valence-electron chi connectivity index (χ4n) is 0.824. The van der Waals surface area contributed by atoms with Gasteiger partial charge in [0.1, 0.15) is 24.4 Å². The van der Waals surface area contributed by atoms with Gasteiger partial charge in [0, 0.05) is 7.11 Å². The third-order valence-corrected chi connectivity index (χ3v) is 1.70. The number of aliphatic hydroxyl groups is 4. The average Bonchev–Trinajstić information content (AvgIpc) is 2.17. The molecule has 0 fully saturated rings. The molecule has 0 aromatic carbocycles. The number of carbonyl (C=O) groups is 1. The van der Waals surface area contributed by atoms with Gasteiger partial charge < -0.3 is 30.0 Å². The second-order valence-corrected chi connectivity index (χ2v) is 2.56. The minimum absolute atomic E-state index is 0.0952. The Balaban J connectivity index is 4.20. The molecule has 0 radical (unpaired) electrons. The number of aliphatic hydroxyl groups excluding tert-OH is 4. The highest BCUT2D eigenvalue weighted by Gasteiger charge is 2.30. The van der Waals surface area contributed by atoms with Gasteiger partial charge in [0.25, 0.3) is 0 Å². The largest absolute Gasteiger partial charge is 0.394 e. The number of hydrogen-bond donors (Lipinski definition) is 4. The first-order chi connectivity index (χ1) is 6.08. The monoisotopic (exact) mass is 194 g/mol. The number of hydrogen-bond acceptors (Lipinski definition) is 6. The maximum absolute atomic E-state index is 10.0. The summed E-state index contributed by atoms with van der Waals surface area (Å²) in [5.74, 6) is 0. The van der Waals surface area contributed by atoms with E-state index < -0.39 is 31.0 Å². The van der Waals surface area contributed by atoms with Crippen molar-refractivity contribution >= 4 is 6.29 Å². The second kappa shape index (κ2) is 6.01. The molecule has 0 bridgehead atoms. The van der Waals surface area contributed by atoms with Crippen molar-refractivity contribution in [3.8, 4) is 0 Å². The van der Waals surface area contributed by atoms with E-state index in [2.05, 4.69) is 4.74 Å². The molecule has 0 aliphatic rings. The van der Waals surface area contributed by atoms with Crippen LogP contribution in [0, 0.1) is 0 Å². The maximum Gasteiger partial charge on any atom is 0.151 e. The normalized spacial score (nSPS) is 20.4. The summed E-state index contributed by atoms with van der Waals surface area (Å²) in [4.78, 5) is 10.0. The van der Waals surface area contributed by atoms with Gasteiger partial charge in [-0.25, -0.2) is 0 Å². The van der Waals surface area contributed by atoms with Gasteiger partial charge in [-0.15, -0.1) is 0 Å². The predicted molar refractivity (Wildman–Crippen MR) is 42.0 cm³/mol. The van der Waals surface area contributed by atoms with E-state index in [0.29, 0.717) is 0 Å². The lowest BCUT2D eigenvalue weighted by atomic mass is 10.0. The van der Waals surface area contributed by atoms with Crippen molar-refractivity contribution < 1.29 is 30.0 Å². The standard InChI is InChI=1S/C7H14O6/c1-13-5(3-9)7(12)6(11)4(10)2-8/h2,4-7,9-12H,3H2,1H3/t4-,5+,6+,7-/m0/s1. The molecule has 0 aliphatic heterocycles. The van der Waals surface area contributed by atoms with Crippen LogP contribution in [-0.4, -0.2) is 64.8 Å². The van der Waals surface area contributed by atoms with Crippen LogP contribution in [0.5, 0.6) is 0 Å². The Hall–Kier alpha value is -0.530. The Morgan fingerprint density at radius 2 is 1.85 bits per heavy atom. The average molecular weight is 194 g/mol. The van der Waals surface area contributed by atoms with Gasteiger partial charge in [0.2, 0.25) is 0 Å². The van der Waals surface area contributed by atoms with Gasteiger partial charge in [0.15, 0.2) is 6.29 Å². The zero-order valence-electron chi connectivity index (χ0n) is 7.20. The summed E-state index contributed by atoms with van der Waals surface area (Å²) >= 11 is 0. The smallest absolute Gasteiger partial charge is 0.151 e. The fourth-order valence-corrected chi connectivity index (χ4v) is 0.824. The summed E-state index contributed by atoms with van der Waals surface area (Å²) in [7, 11) is 1.23. The predicted octanol–water partition coefficient (Wildman–Crippen LogP) is -2.72.